The maximum Gasteiger partial charge on any atom is 0.319 e. The van der Waals surface area contributed by atoms with Crippen molar-refractivity contribution < 1.29 is 19.1 Å². The molecule has 1 aliphatic heterocycles. The van der Waals surface area contributed by atoms with Crippen LogP contribution in [0, 0.1) is 12.8 Å². The average Bonchev–Trinajstić information content (AvgIpc) is 2.80. The summed E-state index contributed by atoms with van der Waals surface area (Å²) in [7, 11) is 0. The van der Waals surface area contributed by atoms with Crippen LogP contribution in [-0.4, -0.2) is 56.3 Å². The van der Waals surface area contributed by atoms with Gasteiger partial charge in [0.05, 0.1) is 6.61 Å². The number of anilines is 1. The average molecular weight is 426 g/mol. The molecule has 1 atom stereocenters. The fourth-order valence-electron chi connectivity index (χ4n) is 3.49. The van der Waals surface area contributed by atoms with Crippen LogP contribution in [0.4, 0.5) is 10.5 Å². The highest BCUT2D eigenvalue weighted by Gasteiger charge is 2.24. The molecule has 31 heavy (non-hydrogen) atoms. The first-order chi connectivity index (χ1) is 15.1. The Kier molecular flexibility index (Phi) is 8.72. The van der Waals surface area contributed by atoms with Crippen molar-refractivity contribution >= 4 is 17.6 Å². The predicted octanol–water partition coefficient (Wildman–Crippen LogP) is 3.45. The second-order valence-corrected chi connectivity index (χ2v) is 7.76. The van der Waals surface area contributed by atoms with Crippen molar-refractivity contribution in [1.82, 2.24) is 10.2 Å². The highest BCUT2D eigenvalue weighted by Crippen LogP contribution is 2.16. The summed E-state index contributed by atoms with van der Waals surface area (Å²) in [5.41, 5.74) is 1.91. The number of benzene rings is 2. The number of urea groups is 1. The Balaban J connectivity index is 1.31. The molecule has 0 aromatic heterocycles. The first-order valence-corrected chi connectivity index (χ1v) is 10.7. The molecule has 1 unspecified atom stereocenters. The number of carbonyl (C=O) groups is 2. The van der Waals surface area contributed by atoms with Crippen molar-refractivity contribution in [2.75, 3.05) is 44.8 Å². The van der Waals surface area contributed by atoms with Crippen molar-refractivity contribution in [2.45, 2.75) is 19.8 Å². The number of piperidine rings is 1. The van der Waals surface area contributed by atoms with Crippen LogP contribution in [0.25, 0.3) is 0 Å². The van der Waals surface area contributed by atoms with Crippen LogP contribution in [0.1, 0.15) is 18.4 Å². The van der Waals surface area contributed by atoms with Crippen LogP contribution in [0.5, 0.6) is 5.75 Å². The van der Waals surface area contributed by atoms with E-state index in [-0.39, 0.29) is 24.5 Å². The van der Waals surface area contributed by atoms with Crippen molar-refractivity contribution in [3.8, 4) is 5.75 Å². The predicted molar refractivity (Wildman–Crippen MR) is 120 cm³/mol. The van der Waals surface area contributed by atoms with E-state index in [1.54, 1.807) is 0 Å². The van der Waals surface area contributed by atoms with Gasteiger partial charge in [0.15, 0.2) is 0 Å². The number of nitrogens with zero attached hydrogens (tertiary/aromatic N) is 1. The lowest BCUT2D eigenvalue weighted by Crippen LogP contribution is -2.45. The zero-order valence-electron chi connectivity index (χ0n) is 18.0. The monoisotopic (exact) mass is 425 g/mol. The molecule has 1 heterocycles. The number of carbonyl (C=O) groups excluding carboxylic acids is 2. The number of hydrogen-bond donors (Lipinski definition) is 2. The third kappa shape index (κ3) is 7.94. The molecule has 2 aromatic rings. The van der Waals surface area contributed by atoms with Crippen LogP contribution in [0.15, 0.2) is 54.6 Å². The number of nitrogens with one attached hydrogen (secondary N) is 2. The third-order valence-corrected chi connectivity index (χ3v) is 5.20. The number of ether oxygens (including phenoxy) is 2. The molecule has 0 bridgehead atoms. The Morgan fingerprint density at radius 1 is 1.06 bits per heavy atom. The first kappa shape index (κ1) is 22.6. The molecule has 0 radical (unpaired) electrons. The van der Waals surface area contributed by atoms with E-state index in [2.05, 4.69) is 10.6 Å². The SMILES string of the molecule is Cc1ccc(NC(=O)NCC2CCCN(C(=O)COCCOc3ccccc3)C2)cc1. The van der Waals surface area contributed by atoms with Gasteiger partial charge in [0.2, 0.25) is 5.91 Å². The van der Waals surface area contributed by atoms with E-state index in [1.807, 2.05) is 66.4 Å². The topological polar surface area (TPSA) is 79.9 Å². The summed E-state index contributed by atoms with van der Waals surface area (Å²) >= 11 is 0. The molecular formula is C24H31N3O4. The van der Waals surface area contributed by atoms with Crippen LogP contribution >= 0.6 is 0 Å². The van der Waals surface area contributed by atoms with Crippen LogP contribution in [-0.2, 0) is 9.53 Å². The highest BCUT2D eigenvalue weighted by atomic mass is 16.5. The Hall–Kier alpha value is -3.06. The third-order valence-electron chi connectivity index (χ3n) is 5.20. The van der Waals surface area contributed by atoms with Crippen molar-refractivity contribution in [1.29, 1.82) is 0 Å². The molecule has 2 N–H and O–H groups in total. The maximum absolute atomic E-state index is 12.4. The fourth-order valence-corrected chi connectivity index (χ4v) is 3.49. The van der Waals surface area contributed by atoms with Crippen molar-refractivity contribution in [3.05, 3.63) is 60.2 Å². The van der Waals surface area contributed by atoms with E-state index in [0.717, 1.165) is 36.4 Å². The summed E-state index contributed by atoms with van der Waals surface area (Å²) < 4.78 is 11.0. The fraction of sp³-hybridized carbons (Fsp3) is 0.417. The minimum atomic E-state index is -0.228. The molecule has 0 aliphatic carbocycles. The number of aryl methyl sites for hydroxylation is 1. The van der Waals surface area contributed by atoms with Crippen LogP contribution < -0.4 is 15.4 Å². The molecule has 0 saturated carbocycles. The van der Waals surface area contributed by atoms with E-state index in [4.69, 9.17) is 9.47 Å². The largest absolute Gasteiger partial charge is 0.491 e. The van der Waals surface area contributed by atoms with Gasteiger partial charge in [-0.25, -0.2) is 4.79 Å². The smallest absolute Gasteiger partial charge is 0.319 e. The van der Waals surface area contributed by atoms with Gasteiger partial charge in [0.1, 0.15) is 19.0 Å². The van der Waals surface area contributed by atoms with Gasteiger partial charge in [-0.1, -0.05) is 35.9 Å². The van der Waals surface area contributed by atoms with Gasteiger partial charge in [-0.2, -0.15) is 0 Å². The summed E-state index contributed by atoms with van der Waals surface area (Å²) in [5.74, 6) is 1.01. The number of amides is 3. The van der Waals surface area contributed by atoms with Gasteiger partial charge in [0.25, 0.3) is 0 Å². The Morgan fingerprint density at radius 3 is 2.61 bits per heavy atom. The standard InChI is InChI=1S/C24H31N3O4/c1-19-9-11-21(12-10-19)26-24(29)25-16-20-6-5-13-27(17-20)23(28)18-30-14-15-31-22-7-3-2-4-8-22/h2-4,7-12,20H,5-6,13-18H2,1H3,(H2,25,26,29). The highest BCUT2D eigenvalue weighted by molar-refractivity contribution is 5.89. The first-order valence-electron chi connectivity index (χ1n) is 10.7. The summed E-state index contributed by atoms with van der Waals surface area (Å²) in [6.45, 7) is 4.71. The molecule has 166 valence electrons. The molecule has 0 spiro atoms. The van der Waals surface area contributed by atoms with Crippen LogP contribution in [0.2, 0.25) is 0 Å². The zero-order valence-corrected chi connectivity index (χ0v) is 18.0. The molecule has 7 heteroatoms. The summed E-state index contributed by atoms with van der Waals surface area (Å²) in [6, 6.07) is 16.9. The van der Waals surface area contributed by atoms with E-state index in [9.17, 15) is 9.59 Å². The van der Waals surface area contributed by atoms with Gasteiger partial charge in [-0.3, -0.25) is 4.79 Å². The summed E-state index contributed by atoms with van der Waals surface area (Å²) in [6.07, 6.45) is 1.91. The second kappa shape index (κ2) is 12.0. The van der Waals surface area contributed by atoms with Gasteiger partial charge in [0, 0.05) is 25.3 Å². The van der Waals surface area contributed by atoms with E-state index in [0.29, 0.717) is 26.3 Å². The molecule has 3 rings (SSSR count). The molecular weight excluding hydrogens is 394 g/mol. The second-order valence-electron chi connectivity index (χ2n) is 7.76. The number of rotatable bonds is 9. The Labute approximate surface area is 183 Å². The zero-order chi connectivity index (χ0) is 21.9. The molecule has 1 fully saturated rings. The van der Waals surface area contributed by atoms with Gasteiger partial charge in [-0.05, 0) is 49.9 Å². The normalized spacial score (nSPS) is 15.9. The molecule has 2 aromatic carbocycles. The summed E-state index contributed by atoms with van der Waals surface area (Å²) in [5, 5.41) is 5.75. The number of hydrogen-bond acceptors (Lipinski definition) is 4. The number of likely N-dealkylation sites (tertiary alicyclic amines) is 1. The molecule has 7 nitrogen and oxygen atoms in total. The van der Waals surface area contributed by atoms with E-state index in [1.165, 1.54) is 0 Å². The van der Waals surface area contributed by atoms with Crippen molar-refractivity contribution in [2.24, 2.45) is 5.92 Å². The van der Waals surface area contributed by atoms with Crippen molar-refractivity contribution in [3.63, 3.8) is 0 Å². The maximum atomic E-state index is 12.4. The van der Waals surface area contributed by atoms with Gasteiger partial charge >= 0.3 is 6.03 Å². The summed E-state index contributed by atoms with van der Waals surface area (Å²) in [4.78, 5) is 26.4. The quantitative estimate of drug-likeness (QED) is 0.603. The molecule has 1 saturated heterocycles. The van der Waals surface area contributed by atoms with Crippen LogP contribution in [0.3, 0.4) is 0 Å². The lowest BCUT2D eigenvalue weighted by molar-refractivity contribution is -0.138. The molecule has 3 amide bonds. The Morgan fingerprint density at radius 2 is 1.84 bits per heavy atom. The molecule has 1 aliphatic rings. The van der Waals surface area contributed by atoms with Gasteiger partial charge < -0.3 is 25.0 Å². The Bertz CT molecular complexity index is 826. The minimum Gasteiger partial charge on any atom is -0.491 e. The van der Waals surface area contributed by atoms with Gasteiger partial charge in [-0.15, -0.1) is 0 Å². The minimum absolute atomic E-state index is 0.0199. The lowest BCUT2D eigenvalue weighted by atomic mass is 9.98. The van der Waals surface area contributed by atoms with E-state index >= 15 is 0 Å². The lowest BCUT2D eigenvalue weighted by Gasteiger charge is -2.32. The number of para-hydroxylation sites is 1. The van der Waals surface area contributed by atoms with E-state index < -0.39 is 0 Å².